The molecule has 1 aliphatic heterocycles. The van der Waals surface area contributed by atoms with Crippen molar-refractivity contribution in [3.8, 4) is 0 Å². The number of ketones is 1. The Labute approximate surface area is 89.8 Å². The van der Waals surface area contributed by atoms with E-state index in [9.17, 15) is 4.79 Å². The van der Waals surface area contributed by atoms with Crippen LogP contribution in [0.1, 0.15) is 18.0 Å². The van der Waals surface area contributed by atoms with Gasteiger partial charge in [-0.05, 0) is 22.0 Å². The lowest BCUT2D eigenvalue weighted by Gasteiger charge is -2.20. The molecule has 74 valence electrons. The van der Waals surface area contributed by atoms with Crippen molar-refractivity contribution >= 4 is 21.7 Å². The third kappa shape index (κ3) is 1.99. The van der Waals surface area contributed by atoms with Gasteiger partial charge in [-0.15, -0.1) is 0 Å². The van der Waals surface area contributed by atoms with E-state index in [4.69, 9.17) is 4.74 Å². The topological polar surface area (TPSA) is 52.1 Å². The second-order valence-corrected chi connectivity index (χ2v) is 3.92. The van der Waals surface area contributed by atoms with E-state index in [1.165, 1.54) is 6.33 Å². The second-order valence-electron chi connectivity index (χ2n) is 3.11. The lowest BCUT2D eigenvalue weighted by atomic mass is 9.97. The van der Waals surface area contributed by atoms with E-state index < -0.39 is 0 Å². The highest BCUT2D eigenvalue weighted by Gasteiger charge is 2.25. The van der Waals surface area contributed by atoms with Gasteiger partial charge >= 0.3 is 0 Å². The van der Waals surface area contributed by atoms with Crippen LogP contribution >= 0.6 is 15.9 Å². The fourth-order valence-corrected chi connectivity index (χ4v) is 1.76. The van der Waals surface area contributed by atoms with E-state index in [1.807, 2.05) is 0 Å². The average molecular weight is 257 g/mol. The Hall–Kier alpha value is -0.810. The van der Waals surface area contributed by atoms with Crippen LogP contribution in [0.2, 0.25) is 0 Å². The van der Waals surface area contributed by atoms with Crippen molar-refractivity contribution in [2.75, 3.05) is 13.2 Å². The number of halogens is 1. The van der Waals surface area contributed by atoms with Gasteiger partial charge < -0.3 is 4.74 Å². The number of carbonyl (C=O) groups is 1. The van der Waals surface area contributed by atoms with Crippen molar-refractivity contribution in [3.63, 3.8) is 0 Å². The molecule has 4 nitrogen and oxygen atoms in total. The summed E-state index contributed by atoms with van der Waals surface area (Å²) in [6.07, 6.45) is 1.92. The Bertz CT molecular complexity index is 356. The first-order valence-electron chi connectivity index (χ1n) is 4.35. The number of Topliss-reactive ketones (excluding diaryl/α,β-unsaturated/α-hetero) is 1. The molecule has 0 spiro atoms. The number of ether oxygens (including phenoxy) is 1. The molecular weight excluding hydrogens is 248 g/mol. The zero-order valence-electron chi connectivity index (χ0n) is 7.44. The van der Waals surface area contributed by atoms with Crippen LogP contribution in [0.5, 0.6) is 0 Å². The Kier molecular flexibility index (Phi) is 2.88. The molecule has 1 aromatic heterocycles. The van der Waals surface area contributed by atoms with Crippen LogP contribution in [-0.4, -0.2) is 29.0 Å². The quantitative estimate of drug-likeness (QED) is 0.712. The van der Waals surface area contributed by atoms with Crippen molar-refractivity contribution in [2.24, 2.45) is 0 Å². The molecule has 1 unspecified atom stereocenters. The summed E-state index contributed by atoms with van der Waals surface area (Å²) < 4.78 is 5.95. The number of nitrogens with zero attached hydrogens (tertiary/aromatic N) is 2. The van der Waals surface area contributed by atoms with Crippen molar-refractivity contribution in [1.82, 2.24) is 9.97 Å². The highest BCUT2D eigenvalue weighted by atomic mass is 79.9. The highest BCUT2D eigenvalue weighted by molar-refractivity contribution is 9.10. The molecule has 2 heterocycles. The number of carbonyl (C=O) groups excluding carboxylic acids is 1. The van der Waals surface area contributed by atoms with Crippen LogP contribution in [0.3, 0.4) is 0 Å². The largest absolute Gasteiger partial charge is 0.380 e. The van der Waals surface area contributed by atoms with E-state index in [-0.39, 0.29) is 11.7 Å². The Morgan fingerprint density at radius 2 is 2.36 bits per heavy atom. The van der Waals surface area contributed by atoms with Gasteiger partial charge in [0.2, 0.25) is 0 Å². The summed E-state index contributed by atoms with van der Waals surface area (Å²) in [4.78, 5) is 19.5. The van der Waals surface area contributed by atoms with E-state index in [0.717, 1.165) is 5.69 Å². The van der Waals surface area contributed by atoms with Gasteiger partial charge in [0.25, 0.3) is 0 Å². The third-order valence-corrected chi connectivity index (χ3v) is 2.61. The van der Waals surface area contributed by atoms with Gasteiger partial charge in [0.1, 0.15) is 16.7 Å². The van der Waals surface area contributed by atoms with Gasteiger partial charge in [-0.2, -0.15) is 0 Å². The first-order chi connectivity index (χ1) is 6.77. The summed E-state index contributed by atoms with van der Waals surface area (Å²) >= 11 is 3.25. The monoisotopic (exact) mass is 256 g/mol. The zero-order valence-corrected chi connectivity index (χ0v) is 9.03. The van der Waals surface area contributed by atoms with E-state index in [2.05, 4.69) is 25.9 Å². The number of hydrogen-bond acceptors (Lipinski definition) is 4. The minimum atomic E-state index is -0.219. The van der Waals surface area contributed by atoms with Crippen LogP contribution in [0.4, 0.5) is 0 Å². The maximum Gasteiger partial charge on any atom is 0.146 e. The highest BCUT2D eigenvalue weighted by Crippen LogP contribution is 2.21. The minimum Gasteiger partial charge on any atom is -0.380 e. The molecule has 1 fully saturated rings. The zero-order chi connectivity index (χ0) is 9.97. The number of rotatable bonds is 1. The Balaban J connectivity index is 2.24. The molecule has 0 aliphatic carbocycles. The van der Waals surface area contributed by atoms with Gasteiger partial charge in [-0.25, -0.2) is 9.97 Å². The van der Waals surface area contributed by atoms with Gasteiger partial charge in [0.05, 0.1) is 24.8 Å². The molecule has 2 rings (SSSR count). The van der Waals surface area contributed by atoms with Crippen LogP contribution in [0.15, 0.2) is 17.0 Å². The van der Waals surface area contributed by atoms with Crippen molar-refractivity contribution in [2.45, 2.75) is 12.3 Å². The predicted octanol–water partition coefficient (Wildman–Crippen LogP) is 1.31. The van der Waals surface area contributed by atoms with Crippen LogP contribution < -0.4 is 0 Å². The van der Waals surface area contributed by atoms with Gasteiger partial charge in [-0.1, -0.05) is 0 Å². The summed E-state index contributed by atoms with van der Waals surface area (Å²) in [7, 11) is 0. The lowest BCUT2D eigenvalue weighted by molar-refractivity contribution is -0.126. The van der Waals surface area contributed by atoms with E-state index >= 15 is 0 Å². The standard InChI is InChI=1S/C9H9BrN2O2/c10-9-3-7(11-5-12-9)6-4-14-2-1-8(6)13/h3,5-6H,1-2,4H2. The molecule has 0 radical (unpaired) electrons. The first kappa shape index (κ1) is 9.73. The van der Waals surface area contributed by atoms with Gasteiger partial charge in [-0.3, -0.25) is 4.79 Å². The summed E-state index contributed by atoms with van der Waals surface area (Å²) in [5.41, 5.74) is 0.733. The Morgan fingerprint density at radius 1 is 1.50 bits per heavy atom. The van der Waals surface area contributed by atoms with Crippen molar-refractivity contribution in [3.05, 3.63) is 22.7 Å². The SMILES string of the molecule is O=C1CCOCC1c1cc(Br)ncn1. The molecule has 1 saturated heterocycles. The average Bonchev–Trinajstić information content (AvgIpc) is 2.18. The van der Waals surface area contributed by atoms with Gasteiger partial charge in [0.15, 0.2) is 0 Å². The number of aromatic nitrogens is 2. The first-order valence-corrected chi connectivity index (χ1v) is 5.14. The maximum atomic E-state index is 11.6. The van der Waals surface area contributed by atoms with Crippen molar-refractivity contribution in [1.29, 1.82) is 0 Å². The maximum absolute atomic E-state index is 11.6. The smallest absolute Gasteiger partial charge is 0.146 e. The summed E-state index contributed by atoms with van der Waals surface area (Å²) in [6, 6.07) is 1.76. The Morgan fingerprint density at radius 3 is 3.07 bits per heavy atom. The molecule has 5 heteroatoms. The lowest BCUT2D eigenvalue weighted by Crippen LogP contribution is -2.26. The third-order valence-electron chi connectivity index (χ3n) is 2.18. The molecule has 14 heavy (non-hydrogen) atoms. The van der Waals surface area contributed by atoms with E-state index in [0.29, 0.717) is 24.2 Å². The van der Waals surface area contributed by atoms with Crippen LogP contribution in [-0.2, 0) is 9.53 Å². The van der Waals surface area contributed by atoms with Crippen molar-refractivity contribution < 1.29 is 9.53 Å². The molecule has 1 aliphatic rings. The summed E-state index contributed by atoms with van der Waals surface area (Å²) in [6.45, 7) is 0.962. The minimum absolute atomic E-state index is 0.196. The fourth-order valence-electron chi connectivity index (χ4n) is 1.43. The second kappa shape index (κ2) is 4.14. The summed E-state index contributed by atoms with van der Waals surface area (Å²) in [5.74, 6) is -0.0232. The molecule has 0 bridgehead atoms. The fraction of sp³-hybridized carbons (Fsp3) is 0.444. The molecule has 0 aromatic carbocycles. The van der Waals surface area contributed by atoms with E-state index in [1.54, 1.807) is 6.07 Å². The van der Waals surface area contributed by atoms with Gasteiger partial charge in [0, 0.05) is 6.42 Å². The number of hydrogen-bond donors (Lipinski definition) is 0. The van der Waals surface area contributed by atoms with Crippen LogP contribution in [0.25, 0.3) is 0 Å². The molecule has 0 saturated carbocycles. The molecule has 0 N–H and O–H groups in total. The molecule has 1 atom stereocenters. The normalized spacial score (nSPS) is 22.4. The van der Waals surface area contributed by atoms with Crippen LogP contribution in [0, 0.1) is 0 Å². The summed E-state index contributed by atoms with van der Waals surface area (Å²) in [5, 5.41) is 0. The molecule has 0 amide bonds. The molecular formula is C9H9BrN2O2. The predicted molar refractivity (Wildman–Crippen MR) is 52.9 cm³/mol. The molecule has 1 aromatic rings.